The third-order valence-electron chi connectivity index (χ3n) is 8.19. The Morgan fingerprint density at radius 1 is 1.03 bits per heavy atom. The number of rotatable bonds is 13. The van der Waals surface area contributed by atoms with Gasteiger partial charge in [-0.15, -0.1) is 0 Å². The maximum absolute atomic E-state index is 11.3. The minimum Gasteiger partial charge on any atom is -0.497 e. The molecular weight excluding hydrogens is 464 g/mol. The van der Waals surface area contributed by atoms with Crippen LogP contribution in [0.2, 0.25) is 16.6 Å². The van der Waals surface area contributed by atoms with Crippen LogP contribution in [-0.2, 0) is 25.2 Å². The molecule has 2 rings (SSSR count). The molecule has 35 heavy (non-hydrogen) atoms. The standard InChI is InChI=1S/C27H48O7Si/c1-18(2)35(19(3)4,20(5)6)33-16-23-24(32-15-21-11-13-22(30-9)14-12-21)27(8,25(31-10)34-23)26(7,29)17-28/h11-14,18-20,23-25,28-29H,15-17H2,1-10H3/t23-,24+,25+,26+,27+/m1/s1. The SMILES string of the molecule is COc1ccc(CO[C@H]2[C@@H](CO[Si](C(C)C)(C(C)C)C(C)C)O[C@H](OC)[C@@]2(C)[C@@](C)(O)CO)cc1. The molecule has 2 N–H and O–H groups in total. The molecule has 5 atom stereocenters. The third-order valence-corrected chi connectivity index (χ3v) is 14.3. The Hall–Kier alpha value is -1.00. The van der Waals surface area contributed by atoms with Crippen molar-refractivity contribution in [2.45, 2.75) is 103 Å². The molecule has 0 unspecified atom stereocenters. The van der Waals surface area contributed by atoms with Crippen LogP contribution in [0.5, 0.6) is 5.75 Å². The zero-order valence-corrected chi connectivity index (χ0v) is 24.3. The van der Waals surface area contributed by atoms with Crippen LogP contribution >= 0.6 is 0 Å². The Labute approximate surface area is 213 Å². The summed E-state index contributed by atoms with van der Waals surface area (Å²) in [4.78, 5) is 0. The lowest BCUT2D eigenvalue weighted by Crippen LogP contribution is -2.59. The van der Waals surface area contributed by atoms with E-state index in [2.05, 4.69) is 41.5 Å². The Morgan fingerprint density at radius 2 is 1.57 bits per heavy atom. The first-order valence-corrected chi connectivity index (χ1v) is 14.9. The largest absolute Gasteiger partial charge is 0.497 e. The molecule has 1 saturated heterocycles. The highest BCUT2D eigenvalue weighted by Crippen LogP contribution is 2.50. The molecule has 0 amide bonds. The van der Waals surface area contributed by atoms with E-state index in [1.807, 2.05) is 31.2 Å². The van der Waals surface area contributed by atoms with Gasteiger partial charge in [0.2, 0.25) is 0 Å². The number of aliphatic hydroxyl groups is 2. The van der Waals surface area contributed by atoms with E-state index in [0.717, 1.165) is 11.3 Å². The van der Waals surface area contributed by atoms with E-state index in [1.165, 1.54) is 0 Å². The summed E-state index contributed by atoms with van der Waals surface area (Å²) >= 11 is 0. The van der Waals surface area contributed by atoms with Crippen molar-refractivity contribution >= 4 is 8.32 Å². The second kappa shape index (κ2) is 12.0. The summed E-state index contributed by atoms with van der Waals surface area (Å²) in [5.74, 6) is 0.772. The maximum atomic E-state index is 11.3. The van der Waals surface area contributed by atoms with Gasteiger partial charge in [-0.3, -0.25) is 0 Å². The molecule has 8 heteroatoms. The number of benzene rings is 1. The van der Waals surface area contributed by atoms with Crippen molar-refractivity contribution in [1.82, 2.24) is 0 Å². The zero-order valence-electron chi connectivity index (χ0n) is 23.3. The van der Waals surface area contributed by atoms with Gasteiger partial charge in [0.15, 0.2) is 14.6 Å². The summed E-state index contributed by atoms with van der Waals surface area (Å²) in [6.07, 6.45) is -1.81. The molecule has 0 radical (unpaired) electrons. The van der Waals surface area contributed by atoms with Crippen LogP contribution in [0.25, 0.3) is 0 Å². The minimum absolute atomic E-state index is 0.309. The van der Waals surface area contributed by atoms with E-state index in [1.54, 1.807) is 21.1 Å². The topological polar surface area (TPSA) is 86.6 Å². The molecule has 0 spiro atoms. The first-order valence-electron chi connectivity index (χ1n) is 12.7. The second-order valence-electron chi connectivity index (χ2n) is 11.2. The van der Waals surface area contributed by atoms with Gasteiger partial charge in [-0.05, 0) is 48.2 Å². The highest BCUT2D eigenvalue weighted by atomic mass is 28.4. The van der Waals surface area contributed by atoms with Crippen LogP contribution in [0, 0.1) is 5.41 Å². The summed E-state index contributed by atoms with van der Waals surface area (Å²) in [7, 11) is 1.03. The smallest absolute Gasteiger partial charge is 0.200 e. The average Bonchev–Trinajstić information content (AvgIpc) is 3.09. The van der Waals surface area contributed by atoms with Crippen LogP contribution < -0.4 is 4.74 Å². The zero-order chi connectivity index (χ0) is 26.6. The summed E-state index contributed by atoms with van der Waals surface area (Å²) < 4.78 is 30.6. The van der Waals surface area contributed by atoms with Crippen molar-refractivity contribution in [3.05, 3.63) is 29.8 Å². The molecule has 0 bridgehead atoms. The van der Waals surface area contributed by atoms with Crippen LogP contribution in [0.1, 0.15) is 61.0 Å². The summed E-state index contributed by atoms with van der Waals surface area (Å²) in [5, 5.41) is 21.4. The third kappa shape index (κ3) is 5.79. The van der Waals surface area contributed by atoms with Crippen molar-refractivity contribution in [2.24, 2.45) is 5.41 Å². The summed E-state index contributed by atoms with van der Waals surface area (Å²) in [6.45, 7) is 17.1. The van der Waals surface area contributed by atoms with E-state index in [0.29, 0.717) is 29.8 Å². The number of hydrogen-bond acceptors (Lipinski definition) is 7. The van der Waals surface area contributed by atoms with Crippen molar-refractivity contribution in [3.63, 3.8) is 0 Å². The van der Waals surface area contributed by atoms with Crippen LogP contribution in [0.15, 0.2) is 24.3 Å². The van der Waals surface area contributed by atoms with E-state index >= 15 is 0 Å². The second-order valence-corrected chi connectivity index (χ2v) is 16.6. The Kier molecular flexibility index (Phi) is 10.4. The molecule has 1 aromatic carbocycles. The summed E-state index contributed by atoms with van der Waals surface area (Å²) in [6, 6.07) is 7.67. The Balaban J connectivity index is 2.39. The highest BCUT2D eigenvalue weighted by molar-refractivity contribution is 6.77. The van der Waals surface area contributed by atoms with Crippen LogP contribution in [0.4, 0.5) is 0 Å². The monoisotopic (exact) mass is 512 g/mol. The molecule has 1 heterocycles. The Bertz CT molecular complexity index is 758. The van der Waals surface area contributed by atoms with Crippen molar-refractivity contribution in [3.8, 4) is 5.75 Å². The van der Waals surface area contributed by atoms with E-state index < -0.39 is 44.4 Å². The molecular formula is C27H48O7Si. The van der Waals surface area contributed by atoms with E-state index in [-0.39, 0.29) is 0 Å². The normalized spacial score (nSPS) is 27.1. The average molecular weight is 513 g/mol. The van der Waals surface area contributed by atoms with Gasteiger partial charge in [-0.1, -0.05) is 53.7 Å². The maximum Gasteiger partial charge on any atom is 0.200 e. The van der Waals surface area contributed by atoms with E-state index in [4.69, 9.17) is 23.4 Å². The number of methoxy groups -OCH3 is 2. The molecule has 0 saturated carbocycles. The predicted molar refractivity (Wildman–Crippen MR) is 140 cm³/mol. The number of hydrogen-bond donors (Lipinski definition) is 2. The molecule has 1 aromatic rings. The molecule has 0 aliphatic carbocycles. The van der Waals surface area contributed by atoms with Gasteiger partial charge in [-0.25, -0.2) is 0 Å². The van der Waals surface area contributed by atoms with Crippen molar-refractivity contribution in [1.29, 1.82) is 0 Å². The molecule has 7 nitrogen and oxygen atoms in total. The van der Waals surface area contributed by atoms with E-state index in [9.17, 15) is 10.2 Å². The van der Waals surface area contributed by atoms with Crippen LogP contribution in [-0.4, -0.2) is 70.1 Å². The lowest BCUT2D eigenvalue weighted by molar-refractivity contribution is -0.224. The van der Waals surface area contributed by atoms with Gasteiger partial charge in [0.25, 0.3) is 0 Å². The number of aliphatic hydroxyl groups excluding tert-OH is 1. The van der Waals surface area contributed by atoms with Crippen molar-refractivity contribution < 1.29 is 33.6 Å². The fraction of sp³-hybridized carbons (Fsp3) is 0.778. The van der Waals surface area contributed by atoms with Gasteiger partial charge >= 0.3 is 0 Å². The van der Waals surface area contributed by atoms with Gasteiger partial charge in [0.1, 0.15) is 11.9 Å². The molecule has 1 aliphatic rings. The van der Waals surface area contributed by atoms with Gasteiger partial charge in [0.05, 0.1) is 44.1 Å². The first-order chi connectivity index (χ1) is 16.3. The molecule has 0 aromatic heterocycles. The van der Waals surface area contributed by atoms with Gasteiger partial charge < -0.3 is 33.6 Å². The molecule has 1 aliphatic heterocycles. The fourth-order valence-corrected chi connectivity index (χ4v) is 11.4. The van der Waals surface area contributed by atoms with Crippen molar-refractivity contribution in [2.75, 3.05) is 27.4 Å². The summed E-state index contributed by atoms with van der Waals surface area (Å²) in [5.41, 5.74) is -0.301. The quantitative estimate of drug-likeness (QED) is 0.364. The lowest BCUT2D eigenvalue weighted by Gasteiger charge is -2.45. The van der Waals surface area contributed by atoms with Gasteiger partial charge in [0, 0.05) is 7.11 Å². The number of ether oxygens (including phenoxy) is 4. The highest BCUT2D eigenvalue weighted by Gasteiger charge is 2.63. The van der Waals surface area contributed by atoms with Crippen LogP contribution in [0.3, 0.4) is 0 Å². The predicted octanol–water partition coefficient (Wildman–Crippen LogP) is 4.89. The van der Waals surface area contributed by atoms with Gasteiger partial charge in [-0.2, -0.15) is 0 Å². The molecule has 202 valence electrons. The molecule has 1 fully saturated rings. The first kappa shape index (κ1) is 30.2. The minimum atomic E-state index is -2.16. The lowest BCUT2D eigenvalue weighted by atomic mass is 9.70. The fourth-order valence-electron chi connectivity index (χ4n) is 5.96. The Morgan fingerprint density at radius 3 is 2.00 bits per heavy atom.